The Bertz CT molecular complexity index is 474. The zero-order chi connectivity index (χ0) is 14.5. The van der Waals surface area contributed by atoms with E-state index >= 15 is 0 Å². The number of methoxy groups -OCH3 is 1. The van der Waals surface area contributed by atoms with Crippen LogP contribution in [0.15, 0.2) is 18.2 Å². The molecular weight excluding hydrogens is 256 g/mol. The minimum Gasteiger partial charge on any atom is -0.497 e. The highest BCUT2D eigenvalue weighted by Gasteiger charge is 2.26. The second-order valence-corrected chi connectivity index (χ2v) is 4.92. The predicted octanol–water partition coefficient (Wildman–Crippen LogP) is 1.92. The Hall–Kier alpha value is -1.75. The van der Waals surface area contributed by atoms with Crippen LogP contribution in [0, 0.1) is 0 Å². The first-order valence-corrected chi connectivity index (χ1v) is 7.00. The fourth-order valence-electron chi connectivity index (χ4n) is 2.51. The van der Waals surface area contributed by atoms with E-state index in [1.165, 1.54) is 0 Å². The summed E-state index contributed by atoms with van der Waals surface area (Å²) in [6, 6.07) is 5.16. The lowest BCUT2D eigenvalue weighted by Gasteiger charge is -2.32. The average molecular weight is 278 g/mol. The summed E-state index contributed by atoms with van der Waals surface area (Å²) in [7, 11) is 1.58. The molecule has 0 saturated carbocycles. The highest BCUT2D eigenvalue weighted by Crippen LogP contribution is 2.23. The summed E-state index contributed by atoms with van der Waals surface area (Å²) in [4.78, 5) is 14.4. The molecule has 0 aliphatic carbocycles. The molecule has 5 heteroatoms. The number of benzene rings is 1. The minimum absolute atomic E-state index is 0.0502. The maximum Gasteiger partial charge on any atom is 0.256 e. The Labute approximate surface area is 119 Å². The third-order valence-electron chi connectivity index (χ3n) is 3.56. The van der Waals surface area contributed by atoms with Gasteiger partial charge < -0.3 is 20.1 Å². The maximum atomic E-state index is 12.6. The molecular formula is C15H22N2O3. The molecule has 5 nitrogen and oxygen atoms in total. The zero-order valence-electron chi connectivity index (χ0n) is 12.1. The number of rotatable bonds is 4. The topological polar surface area (TPSA) is 64.8 Å². The van der Waals surface area contributed by atoms with Gasteiger partial charge in [0.25, 0.3) is 5.91 Å². The van der Waals surface area contributed by atoms with E-state index < -0.39 is 0 Å². The van der Waals surface area contributed by atoms with Gasteiger partial charge in [0.05, 0.1) is 18.8 Å². The number of anilines is 1. The summed E-state index contributed by atoms with van der Waals surface area (Å²) < 4.78 is 10.8. The summed E-state index contributed by atoms with van der Waals surface area (Å²) in [6.07, 6.45) is 2.09. The van der Waals surface area contributed by atoms with Gasteiger partial charge in [-0.15, -0.1) is 0 Å². The van der Waals surface area contributed by atoms with Gasteiger partial charge >= 0.3 is 0 Å². The van der Waals surface area contributed by atoms with Crippen LogP contribution in [-0.4, -0.2) is 43.7 Å². The molecule has 110 valence electrons. The van der Waals surface area contributed by atoms with Crippen LogP contribution in [0.25, 0.3) is 0 Å². The summed E-state index contributed by atoms with van der Waals surface area (Å²) in [6.45, 7) is 4.02. The lowest BCUT2D eigenvalue weighted by molar-refractivity contribution is 0.00727. The van der Waals surface area contributed by atoms with Crippen LogP contribution in [0.3, 0.4) is 0 Å². The van der Waals surface area contributed by atoms with Gasteiger partial charge in [-0.1, -0.05) is 0 Å². The van der Waals surface area contributed by atoms with Crippen molar-refractivity contribution in [2.75, 3.05) is 32.5 Å². The molecule has 1 fully saturated rings. The van der Waals surface area contributed by atoms with Gasteiger partial charge in [-0.2, -0.15) is 0 Å². The van der Waals surface area contributed by atoms with Crippen LogP contribution >= 0.6 is 0 Å². The van der Waals surface area contributed by atoms with E-state index in [0.717, 1.165) is 19.4 Å². The van der Waals surface area contributed by atoms with Crippen molar-refractivity contribution in [3.63, 3.8) is 0 Å². The first-order valence-electron chi connectivity index (χ1n) is 7.00. The van der Waals surface area contributed by atoms with E-state index in [2.05, 4.69) is 0 Å². The van der Waals surface area contributed by atoms with Gasteiger partial charge in [0.15, 0.2) is 0 Å². The number of hydrogen-bond donors (Lipinski definition) is 1. The second-order valence-electron chi connectivity index (χ2n) is 4.92. The first-order chi connectivity index (χ1) is 9.65. The molecule has 2 N–H and O–H groups in total. The van der Waals surface area contributed by atoms with Crippen LogP contribution in [0.5, 0.6) is 5.75 Å². The molecule has 20 heavy (non-hydrogen) atoms. The predicted molar refractivity (Wildman–Crippen MR) is 78.0 cm³/mol. The van der Waals surface area contributed by atoms with E-state index in [4.69, 9.17) is 15.2 Å². The first kappa shape index (κ1) is 14.7. The van der Waals surface area contributed by atoms with Crippen LogP contribution in [-0.2, 0) is 4.74 Å². The van der Waals surface area contributed by atoms with E-state index in [0.29, 0.717) is 30.2 Å². The molecule has 0 aromatic heterocycles. The lowest BCUT2D eigenvalue weighted by Crippen LogP contribution is -2.43. The fraction of sp³-hybridized carbons (Fsp3) is 0.533. The number of carbonyl (C=O) groups is 1. The number of nitrogens with two attached hydrogens (primary N) is 1. The van der Waals surface area contributed by atoms with E-state index in [9.17, 15) is 4.79 Å². The molecule has 0 radical (unpaired) electrons. The number of likely N-dealkylation sites (tertiary alicyclic amines) is 1. The van der Waals surface area contributed by atoms with Gasteiger partial charge in [-0.05, 0) is 38.0 Å². The number of nitrogens with zero attached hydrogens (tertiary/aromatic N) is 1. The minimum atomic E-state index is -0.0502. The Morgan fingerprint density at radius 2 is 2.30 bits per heavy atom. The zero-order valence-corrected chi connectivity index (χ0v) is 12.1. The third-order valence-corrected chi connectivity index (χ3v) is 3.56. The molecule has 1 heterocycles. The van der Waals surface area contributed by atoms with Crippen molar-refractivity contribution in [3.8, 4) is 5.75 Å². The normalized spacial score (nSPS) is 18.9. The molecule has 1 unspecified atom stereocenters. The molecule has 0 spiro atoms. The molecule has 1 aromatic rings. The van der Waals surface area contributed by atoms with E-state index in [1.54, 1.807) is 25.3 Å². The highest BCUT2D eigenvalue weighted by atomic mass is 16.5. The molecule has 1 aliphatic rings. The molecule has 1 aliphatic heterocycles. The van der Waals surface area contributed by atoms with Gasteiger partial charge in [0.1, 0.15) is 5.75 Å². The number of amides is 1. The van der Waals surface area contributed by atoms with Crippen LogP contribution in [0.1, 0.15) is 30.1 Å². The van der Waals surface area contributed by atoms with Gasteiger partial charge in [0, 0.05) is 25.4 Å². The second kappa shape index (κ2) is 6.61. The van der Waals surface area contributed by atoms with Gasteiger partial charge in [0.2, 0.25) is 0 Å². The van der Waals surface area contributed by atoms with Crippen LogP contribution in [0.2, 0.25) is 0 Å². The maximum absolute atomic E-state index is 12.6. The van der Waals surface area contributed by atoms with Crippen LogP contribution < -0.4 is 10.5 Å². The summed E-state index contributed by atoms with van der Waals surface area (Å²) in [5.74, 6) is 0.590. The average Bonchev–Trinajstić information content (AvgIpc) is 2.48. The van der Waals surface area contributed by atoms with Crippen molar-refractivity contribution in [2.24, 2.45) is 0 Å². The number of ether oxygens (including phenoxy) is 2. The Morgan fingerprint density at radius 1 is 1.50 bits per heavy atom. The Balaban J connectivity index is 2.14. The smallest absolute Gasteiger partial charge is 0.256 e. The summed E-state index contributed by atoms with van der Waals surface area (Å²) >= 11 is 0. The van der Waals surface area contributed by atoms with E-state index in [1.807, 2.05) is 11.8 Å². The number of piperidine rings is 1. The van der Waals surface area contributed by atoms with Gasteiger partial charge in [-0.3, -0.25) is 4.79 Å². The fourth-order valence-corrected chi connectivity index (χ4v) is 2.51. The third kappa shape index (κ3) is 3.22. The molecule has 1 aromatic carbocycles. The molecule has 1 saturated heterocycles. The van der Waals surface area contributed by atoms with Crippen molar-refractivity contribution in [1.82, 2.24) is 4.90 Å². The Kier molecular flexibility index (Phi) is 4.84. The molecule has 1 amide bonds. The quantitative estimate of drug-likeness (QED) is 0.855. The largest absolute Gasteiger partial charge is 0.497 e. The molecule has 1 atom stereocenters. The van der Waals surface area contributed by atoms with Crippen molar-refractivity contribution in [2.45, 2.75) is 25.9 Å². The number of carbonyl (C=O) groups excluding carboxylic acids is 1. The SMILES string of the molecule is CCOC1CCCN(C(=O)c2cc(OC)ccc2N)C1. The number of hydrogen-bond acceptors (Lipinski definition) is 4. The molecule has 2 rings (SSSR count). The lowest BCUT2D eigenvalue weighted by atomic mass is 10.1. The van der Waals surface area contributed by atoms with Crippen LogP contribution in [0.4, 0.5) is 5.69 Å². The Morgan fingerprint density at radius 3 is 3.00 bits per heavy atom. The van der Waals surface area contributed by atoms with Crippen molar-refractivity contribution in [3.05, 3.63) is 23.8 Å². The standard InChI is InChI=1S/C15H22N2O3/c1-3-20-12-5-4-8-17(10-12)15(18)13-9-11(19-2)6-7-14(13)16/h6-7,9,12H,3-5,8,10,16H2,1-2H3. The molecule has 0 bridgehead atoms. The van der Waals surface area contributed by atoms with E-state index in [-0.39, 0.29) is 12.0 Å². The number of nitrogen functional groups attached to an aromatic ring is 1. The summed E-state index contributed by atoms with van der Waals surface area (Å²) in [5.41, 5.74) is 6.89. The van der Waals surface area contributed by atoms with Gasteiger partial charge in [-0.25, -0.2) is 0 Å². The van der Waals surface area contributed by atoms with Crippen molar-refractivity contribution < 1.29 is 14.3 Å². The highest BCUT2D eigenvalue weighted by molar-refractivity contribution is 5.99. The van der Waals surface area contributed by atoms with Crippen molar-refractivity contribution >= 4 is 11.6 Å². The summed E-state index contributed by atoms with van der Waals surface area (Å²) in [5, 5.41) is 0. The monoisotopic (exact) mass is 278 g/mol. The van der Waals surface area contributed by atoms with Crippen molar-refractivity contribution in [1.29, 1.82) is 0 Å².